The molecule has 0 radical (unpaired) electrons. The van der Waals surface area contributed by atoms with Crippen molar-refractivity contribution in [2.24, 2.45) is 5.73 Å². The van der Waals surface area contributed by atoms with Crippen LogP contribution in [0, 0.1) is 0 Å². The van der Waals surface area contributed by atoms with Crippen molar-refractivity contribution in [1.29, 1.82) is 0 Å². The van der Waals surface area contributed by atoms with Gasteiger partial charge in [-0.05, 0) is 35.1 Å². The summed E-state index contributed by atoms with van der Waals surface area (Å²) >= 11 is 0. The zero-order chi connectivity index (χ0) is 14.1. The zero-order valence-electron chi connectivity index (χ0n) is 12.1. The lowest BCUT2D eigenvalue weighted by atomic mass is 10.00. The largest absolute Gasteiger partial charge is 0.378 e. The van der Waals surface area contributed by atoms with Crippen molar-refractivity contribution in [2.45, 2.75) is 38.3 Å². The first-order chi connectivity index (χ1) is 9.66. The molecule has 20 heavy (non-hydrogen) atoms. The monoisotopic (exact) mass is 266 g/mol. The maximum absolute atomic E-state index is 6.25. The van der Waals surface area contributed by atoms with Crippen LogP contribution in [0.4, 0.5) is 5.69 Å². The molecule has 2 aromatic carbocycles. The zero-order valence-corrected chi connectivity index (χ0v) is 12.1. The first-order valence-corrected chi connectivity index (χ1v) is 7.36. The minimum Gasteiger partial charge on any atom is -0.378 e. The lowest BCUT2D eigenvalue weighted by Crippen LogP contribution is -2.11. The Morgan fingerprint density at radius 3 is 2.40 bits per heavy atom. The fraction of sp³-hybridized carbons (Fsp3) is 0.333. The topological polar surface area (TPSA) is 38.0 Å². The fourth-order valence-corrected chi connectivity index (χ4v) is 3.13. The molecule has 3 N–H and O–H groups in total. The molecule has 3 rings (SSSR count). The second-order valence-corrected chi connectivity index (χ2v) is 5.91. The molecule has 0 saturated heterocycles. The highest BCUT2D eigenvalue weighted by atomic mass is 14.9. The Morgan fingerprint density at radius 1 is 1.00 bits per heavy atom. The second-order valence-electron chi connectivity index (χ2n) is 5.91. The molecule has 104 valence electrons. The smallest absolute Gasteiger partial charge is 0.0535 e. The van der Waals surface area contributed by atoms with Crippen LogP contribution in [0.25, 0.3) is 0 Å². The summed E-state index contributed by atoms with van der Waals surface area (Å²) in [7, 11) is 0. The number of hydrogen-bond donors (Lipinski definition) is 2. The normalized spacial score (nSPS) is 21.0. The van der Waals surface area contributed by atoms with Crippen LogP contribution in [0.15, 0.2) is 48.5 Å². The van der Waals surface area contributed by atoms with Gasteiger partial charge in [0.15, 0.2) is 0 Å². The van der Waals surface area contributed by atoms with E-state index < -0.39 is 0 Å². The molecule has 0 fully saturated rings. The first-order valence-electron chi connectivity index (χ1n) is 7.36. The summed E-state index contributed by atoms with van der Waals surface area (Å²) in [5, 5.41) is 3.70. The van der Waals surface area contributed by atoms with E-state index >= 15 is 0 Å². The van der Waals surface area contributed by atoms with Crippen LogP contribution < -0.4 is 11.1 Å². The summed E-state index contributed by atoms with van der Waals surface area (Å²) in [4.78, 5) is 0. The van der Waals surface area contributed by atoms with Crippen molar-refractivity contribution < 1.29 is 0 Å². The van der Waals surface area contributed by atoms with Gasteiger partial charge < -0.3 is 11.1 Å². The second kappa shape index (κ2) is 5.29. The standard InChI is InChI=1S/C18H22N2/c1-12(2)13-7-5-6-10-17(13)20-18-11-16(19)14-8-3-4-9-15(14)18/h3-10,12,16,18,20H,11,19H2,1-2H3. The summed E-state index contributed by atoms with van der Waals surface area (Å²) in [6.07, 6.45) is 0.964. The highest BCUT2D eigenvalue weighted by Gasteiger charge is 2.28. The fourth-order valence-electron chi connectivity index (χ4n) is 3.13. The van der Waals surface area contributed by atoms with E-state index in [1.807, 2.05) is 0 Å². The molecule has 2 heteroatoms. The molecule has 0 spiro atoms. The van der Waals surface area contributed by atoms with Gasteiger partial charge >= 0.3 is 0 Å². The van der Waals surface area contributed by atoms with E-state index in [-0.39, 0.29) is 6.04 Å². The first kappa shape index (κ1) is 13.2. The van der Waals surface area contributed by atoms with E-state index in [0.717, 1.165) is 6.42 Å². The van der Waals surface area contributed by atoms with Gasteiger partial charge in [0.2, 0.25) is 0 Å². The Kier molecular flexibility index (Phi) is 3.49. The van der Waals surface area contributed by atoms with Crippen molar-refractivity contribution in [1.82, 2.24) is 0 Å². The van der Waals surface area contributed by atoms with Crippen molar-refractivity contribution in [2.75, 3.05) is 5.32 Å². The number of hydrogen-bond acceptors (Lipinski definition) is 2. The molecule has 0 heterocycles. The van der Waals surface area contributed by atoms with Crippen LogP contribution >= 0.6 is 0 Å². The van der Waals surface area contributed by atoms with Crippen LogP contribution in [0.5, 0.6) is 0 Å². The SMILES string of the molecule is CC(C)c1ccccc1NC1CC(N)c2ccccc21. The van der Waals surface area contributed by atoms with E-state index in [0.29, 0.717) is 12.0 Å². The minimum absolute atomic E-state index is 0.148. The van der Waals surface area contributed by atoms with Crippen LogP contribution in [-0.2, 0) is 0 Å². The van der Waals surface area contributed by atoms with Gasteiger partial charge in [0.25, 0.3) is 0 Å². The Labute approximate surface area is 121 Å². The van der Waals surface area contributed by atoms with Gasteiger partial charge in [-0.1, -0.05) is 56.3 Å². The van der Waals surface area contributed by atoms with Crippen molar-refractivity contribution >= 4 is 5.69 Å². The van der Waals surface area contributed by atoms with E-state index in [1.54, 1.807) is 0 Å². The Bertz CT molecular complexity index is 604. The number of fused-ring (bicyclic) bond motifs is 1. The van der Waals surface area contributed by atoms with Crippen molar-refractivity contribution in [3.8, 4) is 0 Å². The summed E-state index contributed by atoms with van der Waals surface area (Å²) in [6, 6.07) is 17.5. The molecule has 1 aliphatic carbocycles. The molecule has 1 aliphatic rings. The molecule has 0 aromatic heterocycles. The van der Waals surface area contributed by atoms with Gasteiger partial charge in [-0.2, -0.15) is 0 Å². The lowest BCUT2D eigenvalue weighted by Gasteiger charge is -2.20. The highest BCUT2D eigenvalue weighted by Crippen LogP contribution is 2.40. The van der Waals surface area contributed by atoms with Crippen molar-refractivity contribution in [3.05, 3.63) is 65.2 Å². The van der Waals surface area contributed by atoms with Gasteiger partial charge in [-0.15, -0.1) is 0 Å². The predicted molar refractivity (Wildman–Crippen MR) is 84.9 cm³/mol. The molecule has 0 aliphatic heterocycles. The van der Waals surface area contributed by atoms with Gasteiger partial charge in [0, 0.05) is 11.7 Å². The van der Waals surface area contributed by atoms with Gasteiger partial charge in [0.05, 0.1) is 6.04 Å². The molecule has 2 aromatic rings. The number of nitrogens with one attached hydrogen (secondary N) is 1. The maximum atomic E-state index is 6.25. The number of benzene rings is 2. The van der Waals surface area contributed by atoms with Crippen LogP contribution in [0.2, 0.25) is 0 Å². The Hall–Kier alpha value is -1.80. The molecular formula is C18H22N2. The van der Waals surface area contributed by atoms with Gasteiger partial charge in [0.1, 0.15) is 0 Å². The van der Waals surface area contributed by atoms with Crippen LogP contribution in [0.3, 0.4) is 0 Å². The molecule has 0 saturated carbocycles. The number of nitrogens with two attached hydrogens (primary N) is 1. The van der Waals surface area contributed by atoms with E-state index in [2.05, 4.69) is 67.7 Å². The Morgan fingerprint density at radius 2 is 1.65 bits per heavy atom. The number of para-hydroxylation sites is 1. The maximum Gasteiger partial charge on any atom is 0.0535 e. The van der Waals surface area contributed by atoms with E-state index in [4.69, 9.17) is 5.73 Å². The molecule has 2 atom stereocenters. The Balaban J connectivity index is 1.90. The molecule has 0 bridgehead atoms. The average Bonchev–Trinajstić information content (AvgIpc) is 2.76. The quantitative estimate of drug-likeness (QED) is 0.866. The molecule has 2 unspecified atom stereocenters. The lowest BCUT2D eigenvalue weighted by molar-refractivity contribution is 0.647. The summed E-state index contributed by atoms with van der Waals surface area (Å²) in [6.45, 7) is 4.46. The van der Waals surface area contributed by atoms with E-state index in [1.165, 1.54) is 22.4 Å². The number of anilines is 1. The van der Waals surface area contributed by atoms with Crippen LogP contribution in [-0.4, -0.2) is 0 Å². The highest BCUT2D eigenvalue weighted by molar-refractivity contribution is 5.55. The summed E-state index contributed by atoms with van der Waals surface area (Å²) < 4.78 is 0. The van der Waals surface area contributed by atoms with E-state index in [9.17, 15) is 0 Å². The minimum atomic E-state index is 0.148. The third-order valence-corrected chi connectivity index (χ3v) is 4.17. The third kappa shape index (κ3) is 2.32. The number of rotatable bonds is 3. The predicted octanol–water partition coefficient (Wildman–Crippen LogP) is 4.37. The van der Waals surface area contributed by atoms with Crippen molar-refractivity contribution in [3.63, 3.8) is 0 Å². The summed E-state index contributed by atoms with van der Waals surface area (Å²) in [5.74, 6) is 0.518. The van der Waals surface area contributed by atoms with Crippen LogP contribution in [0.1, 0.15) is 55.0 Å². The van der Waals surface area contributed by atoms with Gasteiger partial charge in [-0.3, -0.25) is 0 Å². The molecule has 0 amide bonds. The summed E-state index contributed by atoms with van der Waals surface area (Å²) in [5.41, 5.74) is 11.5. The average molecular weight is 266 g/mol. The third-order valence-electron chi connectivity index (χ3n) is 4.17. The molecule has 2 nitrogen and oxygen atoms in total. The van der Waals surface area contributed by atoms with Gasteiger partial charge in [-0.25, -0.2) is 0 Å². The molecular weight excluding hydrogens is 244 g/mol.